The molecule has 0 bridgehead atoms. The number of amides is 3. The van der Waals surface area contributed by atoms with Crippen molar-refractivity contribution >= 4 is 30.0 Å². The van der Waals surface area contributed by atoms with E-state index in [9.17, 15) is 24.0 Å². The van der Waals surface area contributed by atoms with E-state index in [-0.39, 0.29) is 39.4 Å². The molecule has 37 heavy (non-hydrogen) atoms. The molecule has 0 unspecified atom stereocenters. The van der Waals surface area contributed by atoms with E-state index in [1.165, 1.54) is 9.80 Å². The summed E-state index contributed by atoms with van der Waals surface area (Å²) in [6.07, 6.45) is -1.09. The molecule has 2 fully saturated rings. The van der Waals surface area contributed by atoms with Gasteiger partial charge in [0.25, 0.3) is 0 Å². The van der Waals surface area contributed by atoms with Crippen LogP contribution in [-0.4, -0.2) is 90.4 Å². The van der Waals surface area contributed by atoms with Crippen LogP contribution in [0.2, 0.25) is 0 Å². The molecule has 2 rings (SSSR count). The molecule has 0 aromatic rings. The van der Waals surface area contributed by atoms with E-state index in [2.05, 4.69) is 0 Å². The van der Waals surface area contributed by atoms with Crippen LogP contribution >= 0.6 is 0 Å². The number of likely N-dealkylation sites (tertiary alicyclic amines) is 2. The van der Waals surface area contributed by atoms with Crippen LogP contribution in [0, 0.1) is 22.2 Å². The summed E-state index contributed by atoms with van der Waals surface area (Å²) in [5, 5.41) is 9.04. The summed E-state index contributed by atoms with van der Waals surface area (Å²) in [5.74, 6) is -2.06. The maximum Gasteiger partial charge on any atom is 0.410 e. The average molecular weight is 527 g/mol. The first kappa shape index (κ1) is 31.5. The third-order valence-electron chi connectivity index (χ3n) is 5.16. The first-order valence-corrected chi connectivity index (χ1v) is 11.9. The molecule has 13 nitrogen and oxygen atoms in total. The fourth-order valence-corrected chi connectivity index (χ4v) is 3.29. The number of nitrogens with zero attached hydrogens (tertiary/aromatic N) is 3. The number of hydrogen-bond acceptors (Lipinski definition) is 10. The van der Waals surface area contributed by atoms with E-state index in [0.29, 0.717) is 0 Å². The van der Waals surface area contributed by atoms with Crippen molar-refractivity contribution in [1.82, 2.24) is 9.80 Å². The Morgan fingerprint density at radius 3 is 1.49 bits per heavy atom. The van der Waals surface area contributed by atoms with Crippen LogP contribution in [0.1, 0.15) is 55.4 Å². The van der Waals surface area contributed by atoms with Gasteiger partial charge in [0.15, 0.2) is 10.8 Å². The zero-order chi connectivity index (χ0) is 28.8. The highest BCUT2D eigenvalue weighted by molar-refractivity contribution is 6.04. The topological polar surface area (TPSA) is 179 Å². The number of esters is 2. The molecule has 3 amide bonds. The van der Waals surface area contributed by atoms with Crippen molar-refractivity contribution in [2.75, 3.05) is 39.4 Å². The Morgan fingerprint density at radius 2 is 1.16 bits per heavy atom. The van der Waals surface area contributed by atoms with Gasteiger partial charge in [-0.05, 0) is 55.4 Å². The van der Waals surface area contributed by atoms with Crippen LogP contribution in [0.5, 0.6) is 0 Å². The quantitative estimate of drug-likeness (QED) is 0.314. The second kappa shape index (κ2) is 11.7. The maximum atomic E-state index is 11.7. The van der Waals surface area contributed by atoms with E-state index in [1.54, 1.807) is 55.4 Å². The molecule has 2 aliphatic rings. The molecule has 0 aliphatic carbocycles. The van der Waals surface area contributed by atoms with Gasteiger partial charge in [0.1, 0.15) is 11.2 Å². The minimum absolute atomic E-state index is 0.0250. The zero-order valence-electron chi connectivity index (χ0n) is 22.8. The molecule has 208 valence electrons. The van der Waals surface area contributed by atoms with Crippen molar-refractivity contribution in [1.29, 1.82) is 5.26 Å². The number of carbonyl (C=O) groups is 5. The SMILES string of the molecule is CCOC(=O)C1(C#N)CN(C(=O)OC(C)(C)C)C1.CCOC(=O)C1(C(N)=O)CN(C(=O)OC(C)(C)C)C1. The molecule has 0 atom stereocenters. The first-order valence-electron chi connectivity index (χ1n) is 11.9. The van der Waals surface area contributed by atoms with Crippen LogP contribution in [0.25, 0.3) is 0 Å². The minimum Gasteiger partial charge on any atom is -0.465 e. The lowest BCUT2D eigenvalue weighted by atomic mass is 9.79. The van der Waals surface area contributed by atoms with Crippen molar-refractivity contribution in [3.05, 3.63) is 0 Å². The monoisotopic (exact) mass is 526 g/mol. The fourth-order valence-electron chi connectivity index (χ4n) is 3.29. The number of primary amides is 1. The number of hydrogen-bond donors (Lipinski definition) is 1. The van der Waals surface area contributed by atoms with Crippen LogP contribution in [0.3, 0.4) is 0 Å². The first-order chi connectivity index (χ1) is 16.9. The third-order valence-corrected chi connectivity index (χ3v) is 5.16. The van der Waals surface area contributed by atoms with Gasteiger partial charge in [-0.3, -0.25) is 14.4 Å². The highest BCUT2D eigenvalue weighted by Gasteiger charge is 2.58. The van der Waals surface area contributed by atoms with E-state index in [4.69, 9.17) is 29.9 Å². The van der Waals surface area contributed by atoms with E-state index < -0.39 is 52.1 Å². The Hall–Kier alpha value is -3.56. The van der Waals surface area contributed by atoms with Crippen molar-refractivity contribution < 1.29 is 42.9 Å². The minimum atomic E-state index is -1.44. The van der Waals surface area contributed by atoms with Gasteiger partial charge in [0.05, 0.1) is 45.5 Å². The lowest BCUT2D eigenvalue weighted by Gasteiger charge is -2.45. The second-order valence-electron chi connectivity index (χ2n) is 10.8. The molecule has 2 N–H and O–H groups in total. The predicted molar refractivity (Wildman–Crippen MR) is 129 cm³/mol. The molecule has 0 aromatic carbocycles. The number of rotatable bonds is 5. The zero-order valence-corrected chi connectivity index (χ0v) is 22.8. The Morgan fingerprint density at radius 1 is 0.784 bits per heavy atom. The van der Waals surface area contributed by atoms with Gasteiger partial charge in [-0.15, -0.1) is 0 Å². The average Bonchev–Trinajstić information content (AvgIpc) is 2.64. The maximum absolute atomic E-state index is 11.7. The number of nitriles is 1. The summed E-state index contributed by atoms with van der Waals surface area (Å²) in [6, 6.07) is 1.92. The second-order valence-corrected chi connectivity index (χ2v) is 10.8. The van der Waals surface area contributed by atoms with E-state index in [1.807, 2.05) is 6.07 Å². The van der Waals surface area contributed by atoms with Gasteiger partial charge in [0.2, 0.25) is 5.91 Å². The van der Waals surface area contributed by atoms with Gasteiger partial charge in [-0.2, -0.15) is 5.26 Å². The summed E-state index contributed by atoms with van der Waals surface area (Å²) < 4.78 is 19.9. The van der Waals surface area contributed by atoms with Gasteiger partial charge in [-0.25, -0.2) is 9.59 Å². The molecule has 13 heteroatoms. The van der Waals surface area contributed by atoms with E-state index in [0.717, 1.165) is 0 Å². The Labute approximate surface area is 217 Å². The molecular formula is C24H38N4O9. The molecule has 2 saturated heterocycles. The molecule has 2 aliphatic heterocycles. The van der Waals surface area contributed by atoms with Gasteiger partial charge in [-0.1, -0.05) is 0 Å². The normalized spacial score (nSPS) is 17.4. The molecule has 0 aromatic heterocycles. The number of nitrogens with two attached hydrogens (primary N) is 1. The Balaban J connectivity index is 0.000000371. The summed E-state index contributed by atoms with van der Waals surface area (Å²) >= 11 is 0. The largest absolute Gasteiger partial charge is 0.465 e. The summed E-state index contributed by atoms with van der Waals surface area (Å²) in [4.78, 5) is 60.7. The Kier molecular flexibility index (Phi) is 9.92. The van der Waals surface area contributed by atoms with Gasteiger partial charge in [0, 0.05) is 0 Å². The lowest BCUT2D eigenvalue weighted by molar-refractivity contribution is -0.170. The summed E-state index contributed by atoms with van der Waals surface area (Å²) in [6.45, 7) is 14.0. The molecule has 2 heterocycles. The van der Waals surface area contributed by atoms with Crippen LogP contribution < -0.4 is 5.73 Å². The summed E-state index contributed by atoms with van der Waals surface area (Å²) in [5.41, 5.74) is 1.34. The van der Waals surface area contributed by atoms with Crippen LogP contribution in [0.4, 0.5) is 9.59 Å². The molecule has 0 radical (unpaired) electrons. The highest BCUT2D eigenvalue weighted by Crippen LogP contribution is 2.33. The molecule has 0 spiro atoms. The fraction of sp³-hybridized carbons (Fsp3) is 0.750. The highest BCUT2D eigenvalue weighted by atomic mass is 16.6. The predicted octanol–water partition coefficient (Wildman–Crippen LogP) is 1.58. The van der Waals surface area contributed by atoms with Crippen molar-refractivity contribution in [2.45, 2.75) is 66.6 Å². The number of carbonyl (C=O) groups excluding carboxylic acids is 5. The van der Waals surface area contributed by atoms with Crippen molar-refractivity contribution in [3.8, 4) is 6.07 Å². The van der Waals surface area contributed by atoms with Crippen LogP contribution in [0.15, 0.2) is 0 Å². The Bertz CT molecular complexity index is 931. The van der Waals surface area contributed by atoms with Crippen LogP contribution in [-0.2, 0) is 33.3 Å². The lowest BCUT2D eigenvalue weighted by Crippen LogP contribution is -2.68. The molecule has 0 saturated carbocycles. The van der Waals surface area contributed by atoms with Crippen molar-refractivity contribution in [2.24, 2.45) is 16.6 Å². The van der Waals surface area contributed by atoms with Gasteiger partial charge < -0.3 is 34.5 Å². The standard InChI is InChI=1S/C12H20N2O5.C12H18N2O4/c1-5-18-9(16)12(8(13)15)6-14(7-12)10(17)19-11(2,3)4;1-5-17-9(15)12(6-13)7-14(8-12)10(16)18-11(2,3)4/h5-7H2,1-4H3,(H2,13,15);5,7-8H2,1-4H3. The van der Waals surface area contributed by atoms with Crippen molar-refractivity contribution in [3.63, 3.8) is 0 Å². The third kappa shape index (κ3) is 7.96. The number of ether oxygens (including phenoxy) is 4. The van der Waals surface area contributed by atoms with Gasteiger partial charge >= 0.3 is 24.1 Å². The van der Waals surface area contributed by atoms with E-state index >= 15 is 0 Å². The summed E-state index contributed by atoms with van der Waals surface area (Å²) in [7, 11) is 0. The molecular weight excluding hydrogens is 488 g/mol. The smallest absolute Gasteiger partial charge is 0.410 e.